The van der Waals surface area contributed by atoms with E-state index >= 15 is 4.39 Å². The van der Waals surface area contributed by atoms with Crippen molar-refractivity contribution in [3.63, 3.8) is 0 Å². The van der Waals surface area contributed by atoms with Gasteiger partial charge >= 0.3 is 12.2 Å². The Hall–Kier alpha value is -4.14. The molecule has 246 valence electrons. The molecule has 4 atom stereocenters. The summed E-state index contributed by atoms with van der Waals surface area (Å²) >= 11 is 0. The summed E-state index contributed by atoms with van der Waals surface area (Å²) in [5.74, 6) is -1.40. The SMILES string of the molecule is C=CC(=O)N1CC[C@@H](N(C)c2nc(OC[C@@]34CCCN3C[C@H](F)C4)nc3c(F)c(-c4nc(N)cc(C)c4C(F)(F)F)ncc23)[C@H]1C. The third-order valence-corrected chi connectivity index (χ3v) is 9.62. The van der Waals surface area contributed by atoms with Gasteiger partial charge in [0.1, 0.15) is 41.3 Å². The highest BCUT2D eigenvalue weighted by Gasteiger charge is 2.49. The van der Waals surface area contributed by atoms with Crippen LogP contribution in [0, 0.1) is 12.7 Å². The number of hydrogen-bond donors (Lipinski definition) is 1. The number of carbonyl (C=O) groups is 1. The summed E-state index contributed by atoms with van der Waals surface area (Å²) in [6, 6.07) is 0.304. The van der Waals surface area contributed by atoms with Crippen LogP contribution >= 0.6 is 0 Å². The van der Waals surface area contributed by atoms with Gasteiger partial charge in [-0.2, -0.15) is 23.1 Å². The molecule has 3 aromatic heterocycles. The number of halogens is 5. The van der Waals surface area contributed by atoms with Crippen LogP contribution in [0.3, 0.4) is 0 Å². The van der Waals surface area contributed by atoms with Crippen molar-refractivity contribution in [1.82, 2.24) is 29.7 Å². The number of anilines is 2. The first-order chi connectivity index (χ1) is 21.7. The second kappa shape index (κ2) is 11.6. The van der Waals surface area contributed by atoms with Crippen LogP contribution in [0.2, 0.25) is 0 Å². The molecule has 1 amide bonds. The molecule has 0 saturated carbocycles. The Labute approximate surface area is 262 Å². The number of carbonyl (C=O) groups excluding carboxylic acids is 1. The number of likely N-dealkylation sites (N-methyl/N-ethyl adjacent to an activating group) is 1. The van der Waals surface area contributed by atoms with Gasteiger partial charge in [-0.1, -0.05) is 6.58 Å². The first-order valence-electron chi connectivity index (χ1n) is 15.1. The fourth-order valence-corrected chi connectivity index (χ4v) is 7.42. The van der Waals surface area contributed by atoms with Gasteiger partial charge in [0.2, 0.25) is 5.91 Å². The predicted octanol–water partition coefficient (Wildman–Crippen LogP) is 4.70. The Morgan fingerprint density at radius 1 is 1.26 bits per heavy atom. The first-order valence-corrected chi connectivity index (χ1v) is 15.1. The van der Waals surface area contributed by atoms with Crippen molar-refractivity contribution in [1.29, 1.82) is 0 Å². The molecule has 15 heteroatoms. The first kappa shape index (κ1) is 31.8. The normalized spacial score (nSPS) is 24.9. The molecule has 0 bridgehead atoms. The summed E-state index contributed by atoms with van der Waals surface area (Å²) < 4.78 is 79.5. The van der Waals surface area contributed by atoms with Crippen molar-refractivity contribution < 1.29 is 31.5 Å². The standard InChI is InChI=1S/C31H35F5N8O2/c1-5-22(45)44-10-7-20(17(44)3)42(4)28-19-13-38-27(26-23(31(34,35)36)16(2)11-21(37)39-26)24(33)25(19)40-29(41-28)46-15-30-8-6-9-43(30)14-18(32)12-30/h5,11,13,17-18,20H,1,6-10,12,14-15H2,2-4H3,(H2,37,39)/t17-,18-,20-,30+/m1/s1. The summed E-state index contributed by atoms with van der Waals surface area (Å²) in [5.41, 5.74) is 2.07. The summed E-state index contributed by atoms with van der Waals surface area (Å²) in [6.45, 7) is 8.20. The molecule has 6 rings (SSSR count). The predicted molar refractivity (Wildman–Crippen MR) is 161 cm³/mol. The molecule has 3 fully saturated rings. The molecule has 0 aromatic carbocycles. The number of aromatic nitrogens is 4. The molecule has 3 aliphatic rings. The molecule has 3 saturated heterocycles. The van der Waals surface area contributed by atoms with Crippen LogP contribution in [0.1, 0.15) is 43.7 Å². The molecular weight excluding hydrogens is 611 g/mol. The topological polar surface area (TPSA) is 114 Å². The van der Waals surface area contributed by atoms with Crippen molar-refractivity contribution in [3.8, 4) is 17.4 Å². The van der Waals surface area contributed by atoms with E-state index in [1.807, 2.05) is 11.8 Å². The third-order valence-electron chi connectivity index (χ3n) is 9.62. The summed E-state index contributed by atoms with van der Waals surface area (Å²) in [5, 5.41) is 0.122. The molecule has 0 aliphatic carbocycles. The number of likely N-dealkylation sites (tertiary alicyclic amines) is 1. The Morgan fingerprint density at radius 2 is 2.02 bits per heavy atom. The maximum atomic E-state index is 16.5. The smallest absolute Gasteiger partial charge is 0.418 e. The Bertz CT molecular complexity index is 1700. The minimum Gasteiger partial charge on any atom is -0.461 e. The number of hydrogen-bond acceptors (Lipinski definition) is 9. The number of nitrogens with zero attached hydrogens (tertiary/aromatic N) is 7. The van der Waals surface area contributed by atoms with E-state index in [9.17, 15) is 22.4 Å². The summed E-state index contributed by atoms with van der Waals surface area (Å²) in [7, 11) is 1.73. The molecule has 10 nitrogen and oxygen atoms in total. The van der Waals surface area contributed by atoms with Crippen molar-refractivity contribution >= 4 is 28.4 Å². The summed E-state index contributed by atoms with van der Waals surface area (Å²) in [6.07, 6.45) is -1.00. The lowest BCUT2D eigenvalue weighted by atomic mass is 9.95. The number of nitrogens with two attached hydrogens (primary N) is 1. The highest BCUT2D eigenvalue weighted by molar-refractivity contribution is 5.92. The quantitative estimate of drug-likeness (QED) is 0.288. The zero-order valence-electron chi connectivity index (χ0n) is 25.7. The molecule has 3 aliphatic heterocycles. The Morgan fingerprint density at radius 3 is 2.74 bits per heavy atom. The van der Waals surface area contributed by atoms with Gasteiger partial charge < -0.3 is 20.3 Å². The van der Waals surface area contributed by atoms with Crippen molar-refractivity contribution in [2.75, 3.05) is 43.9 Å². The molecule has 0 unspecified atom stereocenters. The van der Waals surface area contributed by atoms with E-state index < -0.39 is 40.7 Å². The molecule has 46 heavy (non-hydrogen) atoms. The van der Waals surface area contributed by atoms with Crippen LogP contribution in [-0.4, -0.2) is 92.7 Å². The average molecular weight is 647 g/mol. The van der Waals surface area contributed by atoms with E-state index in [4.69, 9.17) is 10.5 Å². The van der Waals surface area contributed by atoms with Crippen LogP contribution in [0.25, 0.3) is 22.3 Å². The number of ether oxygens (including phenoxy) is 1. The van der Waals surface area contributed by atoms with Crippen LogP contribution < -0.4 is 15.4 Å². The molecule has 0 radical (unpaired) electrons. The summed E-state index contributed by atoms with van der Waals surface area (Å²) in [4.78, 5) is 34.8. The van der Waals surface area contributed by atoms with Gasteiger partial charge in [0.05, 0.1) is 22.5 Å². The van der Waals surface area contributed by atoms with Crippen LogP contribution in [0.4, 0.5) is 33.6 Å². The number of nitrogen functional groups attached to an aromatic ring is 1. The lowest BCUT2D eigenvalue weighted by Gasteiger charge is -2.32. The van der Waals surface area contributed by atoms with Gasteiger partial charge in [-0.05, 0) is 57.4 Å². The molecule has 3 aromatic rings. The van der Waals surface area contributed by atoms with Crippen LogP contribution in [0.15, 0.2) is 24.9 Å². The molecule has 6 heterocycles. The number of amides is 1. The van der Waals surface area contributed by atoms with E-state index in [2.05, 4.69) is 26.5 Å². The second-order valence-corrected chi connectivity index (χ2v) is 12.4. The van der Waals surface area contributed by atoms with Crippen molar-refractivity contribution in [2.24, 2.45) is 0 Å². The zero-order chi connectivity index (χ0) is 33.1. The van der Waals surface area contributed by atoms with Gasteiger partial charge in [0, 0.05) is 38.8 Å². The largest absolute Gasteiger partial charge is 0.461 e. The van der Waals surface area contributed by atoms with E-state index in [0.29, 0.717) is 25.9 Å². The highest BCUT2D eigenvalue weighted by atomic mass is 19.4. The fraction of sp³-hybridized carbons (Fsp3) is 0.516. The van der Waals surface area contributed by atoms with Crippen molar-refractivity contribution in [2.45, 2.75) is 69.5 Å². The lowest BCUT2D eigenvalue weighted by molar-refractivity contribution is -0.137. The zero-order valence-corrected chi connectivity index (χ0v) is 25.7. The van der Waals surface area contributed by atoms with Crippen LogP contribution in [-0.2, 0) is 11.0 Å². The average Bonchev–Trinajstić information content (AvgIpc) is 3.65. The number of alkyl halides is 4. The van der Waals surface area contributed by atoms with Crippen LogP contribution in [0.5, 0.6) is 6.01 Å². The minimum absolute atomic E-state index is 0.0529. The monoisotopic (exact) mass is 646 g/mol. The Kier molecular flexibility index (Phi) is 8.02. The van der Waals surface area contributed by atoms with Gasteiger partial charge in [-0.25, -0.2) is 13.8 Å². The maximum absolute atomic E-state index is 16.5. The van der Waals surface area contributed by atoms with Gasteiger partial charge in [-0.3, -0.25) is 14.7 Å². The van der Waals surface area contributed by atoms with Gasteiger partial charge in [0.25, 0.3) is 0 Å². The van der Waals surface area contributed by atoms with Crippen molar-refractivity contribution in [3.05, 3.63) is 41.9 Å². The molecule has 2 N–H and O–H groups in total. The van der Waals surface area contributed by atoms with Gasteiger partial charge in [0.15, 0.2) is 5.82 Å². The number of pyridine rings is 2. The highest BCUT2D eigenvalue weighted by Crippen LogP contribution is 2.42. The molecular formula is C31H35F5N8O2. The third kappa shape index (κ3) is 5.37. The van der Waals surface area contributed by atoms with E-state index in [1.54, 1.807) is 16.8 Å². The number of aryl methyl sites for hydroxylation is 1. The van der Waals surface area contributed by atoms with E-state index in [1.165, 1.54) is 19.2 Å². The maximum Gasteiger partial charge on any atom is 0.418 e. The number of fused-ring (bicyclic) bond motifs is 2. The fourth-order valence-electron chi connectivity index (χ4n) is 7.42. The van der Waals surface area contributed by atoms with E-state index in [0.717, 1.165) is 19.0 Å². The van der Waals surface area contributed by atoms with Gasteiger partial charge in [-0.15, -0.1) is 0 Å². The number of rotatable bonds is 7. The second-order valence-electron chi connectivity index (χ2n) is 12.4. The Balaban J connectivity index is 1.47. The lowest BCUT2D eigenvalue weighted by Crippen LogP contribution is -2.44. The molecule has 0 spiro atoms. The van der Waals surface area contributed by atoms with E-state index in [-0.39, 0.29) is 65.1 Å². The minimum atomic E-state index is -4.87.